The summed E-state index contributed by atoms with van der Waals surface area (Å²) in [5, 5.41) is 3.61. The topological polar surface area (TPSA) is 32.3 Å². The Morgan fingerprint density at radius 1 is 1.42 bits per heavy atom. The van der Waals surface area contributed by atoms with Crippen LogP contribution in [-0.4, -0.2) is 23.9 Å². The molecule has 1 aliphatic carbocycles. The third-order valence-corrected chi connectivity index (χ3v) is 3.95. The molecule has 0 radical (unpaired) electrons. The number of hydrogen-bond donors (Lipinski definition) is 1. The summed E-state index contributed by atoms with van der Waals surface area (Å²) in [6.45, 7) is 4.59. The van der Waals surface area contributed by atoms with Crippen molar-refractivity contribution < 1.29 is 4.79 Å². The smallest absolute Gasteiger partial charge is 0.219 e. The van der Waals surface area contributed by atoms with Crippen molar-refractivity contribution in [2.75, 3.05) is 12.4 Å². The van der Waals surface area contributed by atoms with E-state index in [0.29, 0.717) is 12.6 Å². The van der Waals surface area contributed by atoms with Crippen LogP contribution in [0.2, 0.25) is 0 Å². The lowest BCUT2D eigenvalue weighted by molar-refractivity contribution is -0.128. The molecule has 0 spiro atoms. The zero-order valence-corrected chi connectivity index (χ0v) is 12.1. The number of carbonyl (C=O) groups is 1. The zero-order chi connectivity index (χ0) is 13.8. The highest BCUT2D eigenvalue weighted by molar-refractivity contribution is 5.72. The summed E-state index contributed by atoms with van der Waals surface area (Å²) >= 11 is 0. The van der Waals surface area contributed by atoms with Gasteiger partial charge in [-0.3, -0.25) is 4.79 Å². The third kappa shape index (κ3) is 3.98. The number of hydrogen-bond acceptors (Lipinski definition) is 2. The first-order valence-corrected chi connectivity index (χ1v) is 7.12. The highest BCUT2D eigenvalue weighted by atomic mass is 16.2. The second-order valence-electron chi connectivity index (χ2n) is 5.83. The van der Waals surface area contributed by atoms with Crippen LogP contribution in [0.25, 0.3) is 0 Å². The van der Waals surface area contributed by atoms with Gasteiger partial charge in [-0.2, -0.15) is 0 Å². The molecule has 0 bridgehead atoms. The Kier molecular flexibility index (Phi) is 4.46. The lowest BCUT2D eigenvalue weighted by Crippen LogP contribution is -2.23. The number of carbonyl (C=O) groups excluding carboxylic acids is 1. The van der Waals surface area contributed by atoms with Crippen LogP contribution in [0, 0.1) is 5.92 Å². The van der Waals surface area contributed by atoms with E-state index in [-0.39, 0.29) is 5.91 Å². The second-order valence-corrected chi connectivity index (χ2v) is 5.83. The van der Waals surface area contributed by atoms with Gasteiger partial charge in [0, 0.05) is 32.2 Å². The van der Waals surface area contributed by atoms with Gasteiger partial charge in [0.2, 0.25) is 5.91 Å². The molecule has 0 aliphatic heterocycles. The van der Waals surface area contributed by atoms with Crippen molar-refractivity contribution in [1.29, 1.82) is 0 Å². The summed E-state index contributed by atoms with van der Waals surface area (Å²) in [5.41, 5.74) is 2.35. The molecule has 0 saturated heterocycles. The van der Waals surface area contributed by atoms with Crippen molar-refractivity contribution in [3.8, 4) is 0 Å². The van der Waals surface area contributed by atoms with Crippen LogP contribution in [0.5, 0.6) is 0 Å². The van der Waals surface area contributed by atoms with E-state index in [9.17, 15) is 4.79 Å². The number of nitrogens with zero attached hydrogens (tertiary/aromatic N) is 1. The summed E-state index contributed by atoms with van der Waals surface area (Å²) in [7, 11) is 1.83. The van der Waals surface area contributed by atoms with E-state index in [4.69, 9.17) is 0 Å². The van der Waals surface area contributed by atoms with Gasteiger partial charge in [0.25, 0.3) is 0 Å². The number of anilines is 1. The molecule has 3 nitrogen and oxygen atoms in total. The first kappa shape index (κ1) is 13.9. The van der Waals surface area contributed by atoms with Gasteiger partial charge in [-0.1, -0.05) is 19.1 Å². The molecule has 1 amide bonds. The molecule has 104 valence electrons. The molecule has 1 aromatic carbocycles. The molecule has 0 aromatic heterocycles. The maximum atomic E-state index is 11.3. The van der Waals surface area contributed by atoms with E-state index < -0.39 is 0 Å². The summed E-state index contributed by atoms with van der Waals surface area (Å²) in [4.78, 5) is 13.0. The number of benzene rings is 1. The molecule has 1 aromatic rings. The third-order valence-electron chi connectivity index (χ3n) is 3.95. The van der Waals surface area contributed by atoms with Crippen molar-refractivity contribution in [3.05, 3.63) is 29.8 Å². The Labute approximate surface area is 116 Å². The molecule has 2 rings (SSSR count). The lowest BCUT2D eigenvalue weighted by atomic mass is 10.1. The van der Waals surface area contributed by atoms with Crippen molar-refractivity contribution in [2.24, 2.45) is 5.92 Å². The van der Waals surface area contributed by atoms with Gasteiger partial charge in [-0.25, -0.2) is 0 Å². The minimum absolute atomic E-state index is 0.1000. The first-order chi connectivity index (χ1) is 9.04. The molecule has 1 N–H and O–H groups in total. The van der Waals surface area contributed by atoms with Crippen LogP contribution < -0.4 is 5.32 Å². The minimum Gasteiger partial charge on any atom is -0.382 e. The molecule has 2 unspecified atom stereocenters. The largest absolute Gasteiger partial charge is 0.382 e. The Morgan fingerprint density at radius 3 is 2.84 bits per heavy atom. The summed E-state index contributed by atoms with van der Waals surface area (Å²) < 4.78 is 0. The fraction of sp³-hybridized carbons (Fsp3) is 0.562. The van der Waals surface area contributed by atoms with Crippen molar-refractivity contribution in [1.82, 2.24) is 4.90 Å². The Balaban J connectivity index is 1.97. The minimum atomic E-state index is 0.1000. The summed E-state index contributed by atoms with van der Waals surface area (Å²) in [5.74, 6) is 0.938. The van der Waals surface area contributed by atoms with Gasteiger partial charge in [0.1, 0.15) is 0 Å². The SMILES string of the molecule is CC(=O)N(C)Cc1cccc(NC2CCC(C)C2)c1. The highest BCUT2D eigenvalue weighted by Crippen LogP contribution is 2.27. The quantitative estimate of drug-likeness (QED) is 0.901. The maximum absolute atomic E-state index is 11.3. The average molecular weight is 260 g/mol. The van der Waals surface area contributed by atoms with Crippen LogP contribution in [-0.2, 0) is 11.3 Å². The average Bonchev–Trinajstić information content (AvgIpc) is 2.75. The molecule has 1 aliphatic rings. The fourth-order valence-corrected chi connectivity index (χ4v) is 2.72. The second kappa shape index (κ2) is 6.09. The fourth-order valence-electron chi connectivity index (χ4n) is 2.72. The van der Waals surface area contributed by atoms with Crippen molar-refractivity contribution >= 4 is 11.6 Å². The zero-order valence-electron chi connectivity index (χ0n) is 12.1. The van der Waals surface area contributed by atoms with Crippen LogP contribution >= 0.6 is 0 Å². The monoisotopic (exact) mass is 260 g/mol. The first-order valence-electron chi connectivity index (χ1n) is 7.12. The molecule has 0 heterocycles. The van der Waals surface area contributed by atoms with E-state index >= 15 is 0 Å². The number of amides is 1. The molecule has 2 atom stereocenters. The van der Waals surface area contributed by atoms with E-state index in [1.54, 1.807) is 11.8 Å². The molecule has 3 heteroatoms. The van der Waals surface area contributed by atoms with E-state index in [1.807, 2.05) is 7.05 Å². The van der Waals surface area contributed by atoms with E-state index in [2.05, 4.69) is 36.5 Å². The Hall–Kier alpha value is -1.51. The van der Waals surface area contributed by atoms with Crippen molar-refractivity contribution in [3.63, 3.8) is 0 Å². The normalized spacial score (nSPS) is 22.3. The van der Waals surface area contributed by atoms with Crippen molar-refractivity contribution in [2.45, 2.75) is 45.7 Å². The highest BCUT2D eigenvalue weighted by Gasteiger charge is 2.20. The summed E-state index contributed by atoms with van der Waals surface area (Å²) in [6, 6.07) is 9.00. The summed E-state index contributed by atoms with van der Waals surface area (Å²) in [6.07, 6.45) is 3.85. The lowest BCUT2D eigenvalue weighted by Gasteiger charge is -2.17. The maximum Gasteiger partial charge on any atom is 0.219 e. The van der Waals surface area contributed by atoms with Gasteiger partial charge >= 0.3 is 0 Å². The van der Waals surface area contributed by atoms with Crippen LogP contribution in [0.1, 0.15) is 38.7 Å². The number of rotatable bonds is 4. The van der Waals surface area contributed by atoms with Gasteiger partial charge in [0.05, 0.1) is 0 Å². The Morgan fingerprint density at radius 2 is 2.21 bits per heavy atom. The van der Waals surface area contributed by atoms with Gasteiger partial charge in [-0.15, -0.1) is 0 Å². The van der Waals surface area contributed by atoms with Crippen LogP contribution in [0.3, 0.4) is 0 Å². The molecular weight excluding hydrogens is 236 g/mol. The van der Waals surface area contributed by atoms with E-state index in [0.717, 1.165) is 5.92 Å². The molecule has 19 heavy (non-hydrogen) atoms. The van der Waals surface area contributed by atoms with Gasteiger partial charge in [-0.05, 0) is 42.9 Å². The predicted octanol–water partition coefficient (Wildman–Crippen LogP) is 3.27. The standard InChI is InChI=1S/C16H24N2O/c1-12-7-8-16(9-12)17-15-6-4-5-14(10-15)11-18(3)13(2)19/h4-6,10,12,16-17H,7-9,11H2,1-3H3. The molecule has 1 saturated carbocycles. The number of nitrogens with one attached hydrogen (secondary N) is 1. The van der Waals surface area contributed by atoms with Crippen LogP contribution in [0.15, 0.2) is 24.3 Å². The van der Waals surface area contributed by atoms with Crippen LogP contribution in [0.4, 0.5) is 5.69 Å². The van der Waals surface area contributed by atoms with E-state index in [1.165, 1.54) is 30.5 Å². The predicted molar refractivity (Wildman–Crippen MR) is 79.0 cm³/mol. The Bertz CT molecular complexity index is 444. The van der Waals surface area contributed by atoms with Gasteiger partial charge < -0.3 is 10.2 Å². The molecular formula is C16H24N2O. The molecule has 1 fully saturated rings. The van der Waals surface area contributed by atoms with Gasteiger partial charge in [0.15, 0.2) is 0 Å².